The molecule has 0 unspecified atom stereocenters. The Bertz CT molecular complexity index is 843. The van der Waals surface area contributed by atoms with Crippen LogP contribution in [0.2, 0.25) is 0 Å². The summed E-state index contributed by atoms with van der Waals surface area (Å²) in [6, 6.07) is 10.3. The molecule has 0 spiro atoms. The van der Waals surface area contributed by atoms with Gasteiger partial charge in [0, 0.05) is 11.8 Å². The summed E-state index contributed by atoms with van der Waals surface area (Å²) in [5, 5.41) is 8.02. The molecule has 0 saturated carbocycles. The standard InChI is InChI=1S/C18H18N4/c19-18-17-14(7-4-8-16(17)21-22-18)13-9-10-15(20-11-13)12-5-2-1-3-6-12/h4-5,7-11H,1-3,6H2,(H3,19,21,22). The largest absolute Gasteiger partial charge is 0.382 e. The molecule has 0 bridgehead atoms. The molecule has 0 atom stereocenters. The van der Waals surface area contributed by atoms with Crippen LogP contribution in [-0.2, 0) is 0 Å². The van der Waals surface area contributed by atoms with Crippen molar-refractivity contribution in [1.29, 1.82) is 0 Å². The molecule has 4 rings (SSSR count). The lowest BCUT2D eigenvalue weighted by Crippen LogP contribution is -1.95. The minimum absolute atomic E-state index is 0.532. The van der Waals surface area contributed by atoms with Crippen LogP contribution in [0.4, 0.5) is 5.82 Å². The van der Waals surface area contributed by atoms with Gasteiger partial charge in [-0.1, -0.05) is 24.3 Å². The van der Waals surface area contributed by atoms with E-state index in [0.717, 1.165) is 34.1 Å². The van der Waals surface area contributed by atoms with E-state index in [0.29, 0.717) is 5.82 Å². The quantitative estimate of drug-likeness (QED) is 0.744. The van der Waals surface area contributed by atoms with Gasteiger partial charge < -0.3 is 5.73 Å². The van der Waals surface area contributed by atoms with Gasteiger partial charge in [0.1, 0.15) is 0 Å². The van der Waals surface area contributed by atoms with Crippen LogP contribution in [0, 0.1) is 0 Å². The summed E-state index contributed by atoms with van der Waals surface area (Å²) >= 11 is 0. The Hall–Kier alpha value is -2.62. The lowest BCUT2D eigenvalue weighted by molar-refractivity contribution is 0.740. The summed E-state index contributed by atoms with van der Waals surface area (Å²) < 4.78 is 0. The molecule has 3 N–H and O–H groups in total. The number of benzene rings is 1. The number of nitrogens with two attached hydrogens (primary N) is 1. The summed E-state index contributed by atoms with van der Waals surface area (Å²) in [6.45, 7) is 0. The average molecular weight is 290 g/mol. The van der Waals surface area contributed by atoms with E-state index in [1.54, 1.807) is 0 Å². The third-order valence-electron chi connectivity index (χ3n) is 4.31. The molecule has 2 aromatic heterocycles. The smallest absolute Gasteiger partial charge is 0.153 e. The molecule has 4 nitrogen and oxygen atoms in total. The number of hydrogen-bond acceptors (Lipinski definition) is 3. The van der Waals surface area contributed by atoms with Crippen molar-refractivity contribution in [2.24, 2.45) is 0 Å². The minimum Gasteiger partial charge on any atom is -0.382 e. The van der Waals surface area contributed by atoms with Crippen molar-refractivity contribution in [1.82, 2.24) is 15.2 Å². The highest BCUT2D eigenvalue weighted by atomic mass is 15.1. The number of allylic oxidation sites excluding steroid dienone is 2. The van der Waals surface area contributed by atoms with Gasteiger partial charge in [0.05, 0.1) is 16.6 Å². The van der Waals surface area contributed by atoms with Crippen molar-refractivity contribution in [3.05, 3.63) is 48.3 Å². The number of fused-ring (bicyclic) bond motifs is 1. The number of aromatic amines is 1. The first-order chi connectivity index (χ1) is 10.8. The number of pyridine rings is 1. The lowest BCUT2D eigenvalue weighted by Gasteiger charge is -2.12. The number of H-pyrrole nitrogens is 1. The zero-order valence-corrected chi connectivity index (χ0v) is 12.3. The summed E-state index contributed by atoms with van der Waals surface area (Å²) in [5.41, 5.74) is 11.5. The van der Waals surface area contributed by atoms with Crippen LogP contribution in [0.3, 0.4) is 0 Å². The van der Waals surface area contributed by atoms with Crippen molar-refractivity contribution in [2.45, 2.75) is 25.7 Å². The van der Waals surface area contributed by atoms with Gasteiger partial charge in [0.2, 0.25) is 0 Å². The van der Waals surface area contributed by atoms with Gasteiger partial charge in [-0.3, -0.25) is 10.1 Å². The first kappa shape index (κ1) is 13.1. The molecule has 4 heteroatoms. The van der Waals surface area contributed by atoms with Crippen molar-refractivity contribution >= 4 is 22.3 Å². The molecule has 1 aromatic carbocycles. The minimum atomic E-state index is 0.532. The number of nitrogens with one attached hydrogen (secondary N) is 1. The SMILES string of the molecule is Nc1n[nH]c2cccc(-c3ccc(C4=CCCCC4)nc3)c12. The molecule has 0 amide bonds. The molecule has 0 saturated heterocycles. The predicted octanol–water partition coefficient (Wildman–Crippen LogP) is 4.16. The summed E-state index contributed by atoms with van der Waals surface area (Å²) in [4.78, 5) is 4.66. The Morgan fingerprint density at radius 2 is 2.05 bits per heavy atom. The Morgan fingerprint density at radius 3 is 2.82 bits per heavy atom. The Morgan fingerprint density at radius 1 is 1.09 bits per heavy atom. The van der Waals surface area contributed by atoms with E-state index < -0.39 is 0 Å². The maximum absolute atomic E-state index is 5.99. The first-order valence-corrected chi connectivity index (χ1v) is 7.71. The fourth-order valence-corrected chi connectivity index (χ4v) is 3.15. The number of nitrogens with zero attached hydrogens (tertiary/aromatic N) is 2. The van der Waals surface area contributed by atoms with Crippen LogP contribution >= 0.6 is 0 Å². The van der Waals surface area contributed by atoms with Crippen molar-refractivity contribution in [2.75, 3.05) is 5.73 Å². The van der Waals surface area contributed by atoms with Crippen molar-refractivity contribution in [3.63, 3.8) is 0 Å². The van der Waals surface area contributed by atoms with Crippen LogP contribution < -0.4 is 5.73 Å². The fraction of sp³-hybridized carbons (Fsp3) is 0.222. The molecule has 0 aliphatic heterocycles. The van der Waals surface area contributed by atoms with Crippen LogP contribution in [0.15, 0.2) is 42.6 Å². The van der Waals surface area contributed by atoms with Gasteiger partial charge in [0.15, 0.2) is 5.82 Å². The highest BCUT2D eigenvalue weighted by molar-refractivity contribution is 6.01. The molecule has 0 fully saturated rings. The number of rotatable bonds is 2. The van der Waals surface area contributed by atoms with Crippen LogP contribution in [-0.4, -0.2) is 15.2 Å². The summed E-state index contributed by atoms with van der Waals surface area (Å²) in [5.74, 6) is 0.532. The number of nitrogen functional groups attached to an aromatic ring is 1. The molecule has 110 valence electrons. The van der Waals surface area contributed by atoms with Gasteiger partial charge in [-0.05, 0) is 49.0 Å². The second kappa shape index (κ2) is 5.30. The topological polar surface area (TPSA) is 67.6 Å². The Labute approximate surface area is 129 Å². The van der Waals surface area contributed by atoms with Crippen LogP contribution in [0.5, 0.6) is 0 Å². The van der Waals surface area contributed by atoms with E-state index in [4.69, 9.17) is 5.73 Å². The highest BCUT2D eigenvalue weighted by Gasteiger charge is 2.11. The zero-order chi connectivity index (χ0) is 14.9. The van der Waals surface area contributed by atoms with Gasteiger partial charge in [-0.25, -0.2) is 0 Å². The van der Waals surface area contributed by atoms with Crippen molar-refractivity contribution in [3.8, 4) is 11.1 Å². The van der Waals surface area contributed by atoms with Gasteiger partial charge in [0.25, 0.3) is 0 Å². The second-order valence-electron chi connectivity index (χ2n) is 5.74. The maximum atomic E-state index is 5.99. The third-order valence-corrected chi connectivity index (χ3v) is 4.31. The maximum Gasteiger partial charge on any atom is 0.153 e. The fourth-order valence-electron chi connectivity index (χ4n) is 3.15. The lowest BCUT2D eigenvalue weighted by atomic mass is 9.96. The molecular weight excluding hydrogens is 272 g/mol. The predicted molar refractivity (Wildman–Crippen MR) is 90.2 cm³/mol. The van der Waals surface area contributed by atoms with E-state index in [2.05, 4.69) is 39.5 Å². The molecule has 2 heterocycles. The number of aromatic nitrogens is 3. The highest BCUT2D eigenvalue weighted by Crippen LogP contribution is 2.32. The van der Waals surface area contributed by atoms with Gasteiger partial charge in [-0.15, -0.1) is 0 Å². The van der Waals surface area contributed by atoms with Gasteiger partial charge in [-0.2, -0.15) is 5.10 Å². The number of anilines is 1. The molecular formula is C18H18N4. The molecule has 3 aromatic rings. The van der Waals surface area contributed by atoms with Crippen LogP contribution in [0.1, 0.15) is 31.4 Å². The summed E-state index contributed by atoms with van der Waals surface area (Å²) in [7, 11) is 0. The molecule has 22 heavy (non-hydrogen) atoms. The van der Waals surface area contributed by atoms with E-state index in [-0.39, 0.29) is 0 Å². The molecule has 0 radical (unpaired) electrons. The number of hydrogen-bond donors (Lipinski definition) is 2. The molecule has 1 aliphatic carbocycles. The van der Waals surface area contributed by atoms with E-state index in [1.165, 1.54) is 24.8 Å². The zero-order valence-electron chi connectivity index (χ0n) is 12.3. The Balaban J connectivity index is 1.76. The Kier molecular flexibility index (Phi) is 3.15. The normalized spacial score (nSPS) is 15.0. The van der Waals surface area contributed by atoms with Crippen molar-refractivity contribution < 1.29 is 0 Å². The summed E-state index contributed by atoms with van der Waals surface area (Å²) in [6.07, 6.45) is 9.12. The average Bonchev–Trinajstić information content (AvgIpc) is 2.97. The first-order valence-electron chi connectivity index (χ1n) is 7.71. The van der Waals surface area contributed by atoms with E-state index in [9.17, 15) is 0 Å². The van der Waals surface area contributed by atoms with Gasteiger partial charge >= 0.3 is 0 Å². The van der Waals surface area contributed by atoms with E-state index >= 15 is 0 Å². The monoisotopic (exact) mass is 290 g/mol. The van der Waals surface area contributed by atoms with Crippen LogP contribution in [0.25, 0.3) is 27.6 Å². The third kappa shape index (κ3) is 2.17. The second-order valence-corrected chi connectivity index (χ2v) is 5.74. The molecule has 1 aliphatic rings. The van der Waals surface area contributed by atoms with E-state index in [1.807, 2.05) is 18.3 Å².